The van der Waals surface area contributed by atoms with Crippen molar-refractivity contribution < 1.29 is 14.5 Å². The van der Waals surface area contributed by atoms with Gasteiger partial charge in [0.1, 0.15) is 0 Å². The third-order valence-corrected chi connectivity index (χ3v) is 4.11. The first-order valence-corrected chi connectivity index (χ1v) is 8.04. The highest BCUT2D eigenvalue weighted by molar-refractivity contribution is 6.06. The molecule has 0 saturated carbocycles. The third kappa shape index (κ3) is 3.95. The Morgan fingerprint density at radius 2 is 1.84 bits per heavy atom. The van der Waals surface area contributed by atoms with Crippen molar-refractivity contribution >= 4 is 23.0 Å². The van der Waals surface area contributed by atoms with Crippen LogP contribution >= 0.6 is 0 Å². The summed E-state index contributed by atoms with van der Waals surface area (Å²) in [5.41, 5.74) is 2.80. The van der Waals surface area contributed by atoms with Crippen molar-refractivity contribution in [3.8, 4) is 0 Å². The lowest BCUT2D eigenvalue weighted by Crippen LogP contribution is -2.36. The van der Waals surface area contributed by atoms with Gasteiger partial charge in [0.2, 0.25) is 0 Å². The molecule has 7 nitrogen and oxygen atoms in total. The van der Waals surface area contributed by atoms with Crippen molar-refractivity contribution in [3.63, 3.8) is 0 Å². The fraction of sp³-hybridized carbons (Fsp3) is 0.278. The molecule has 1 amide bonds. The molecule has 0 unspecified atom stereocenters. The largest absolute Gasteiger partial charge is 0.378 e. The maximum atomic E-state index is 12.5. The van der Waals surface area contributed by atoms with E-state index in [1.165, 1.54) is 12.1 Å². The SMILES string of the molecule is Cc1ccc(C(=O)Nc2ccc([N+](=O)[O-])cc2N2CCOCC2)cc1. The van der Waals surface area contributed by atoms with Gasteiger partial charge in [-0.1, -0.05) is 17.7 Å². The number of ether oxygens (including phenoxy) is 1. The summed E-state index contributed by atoms with van der Waals surface area (Å²) in [5.74, 6) is -0.247. The molecule has 0 aliphatic carbocycles. The van der Waals surface area contributed by atoms with Gasteiger partial charge in [0.25, 0.3) is 11.6 Å². The molecule has 7 heteroatoms. The zero-order valence-corrected chi connectivity index (χ0v) is 13.9. The first kappa shape index (κ1) is 16.9. The first-order chi connectivity index (χ1) is 12.0. The highest BCUT2D eigenvalue weighted by Crippen LogP contribution is 2.31. The van der Waals surface area contributed by atoms with Gasteiger partial charge < -0.3 is 15.0 Å². The van der Waals surface area contributed by atoms with E-state index in [4.69, 9.17) is 4.74 Å². The monoisotopic (exact) mass is 341 g/mol. The molecule has 2 aromatic rings. The number of carbonyl (C=O) groups is 1. The Morgan fingerprint density at radius 1 is 1.16 bits per heavy atom. The van der Waals surface area contributed by atoms with Crippen LogP contribution in [0.1, 0.15) is 15.9 Å². The Morgan fingerprint density at radius 3 is 2.48 bits per heavy atom. The molecule has 0 aromatic heterocycles. The zero-order valence-electron chi connectivity index (χ0n) is 13.9. The number of rotatable bonds is 4. The Labute approximate surface area is 145 Å². The van der Waals surface area contributed by atoms with Gasteiger partial charge in [-0.3, -0.25) is 14.9 Å². The number of nitrogens with zero attached hydrogens (tertiary/aromatic N) is 2. The fourth-order valence-electron chi connectivity index (χ4n) is 2.70. The number of amides is 1. The van der Waals surface area contributed by atoms with E-state index in [-0.39, 0.29) is 11.6 Å². The summed E-state index contributed by atoms with van der Waals surface area (Å²) < 4.78 is 5.34. The average molecular weight is 341 g/mol. The minimum Gasteiger partial charge on any atom is -0.378 e. The highest BCUT2D eigenvalue weighted by Gasteiger charge is 2.20. The van der Waals surface area contributed by atoms with Gasteiger partial charge in [-0.05, 0) is 25.1 Å². The summed E-state index contributed by atoms with van der Waals surface area (Å²) >= 11 is 0. The summed E-state index contributed by atoms with van der Waals surface area (Å²) in [6.07, 6.45) is 0. The van der Waals surface area contributed by atoms with Crippen molar-refractivity contribution in [3.05, 3.63) is 63.7 Å². The second kappa shape index (κ2) is 7.31. The van der Waals surface area contributed by atoms with E-state index < -0.39 is 4.92 Å². The molecule has 0 radical (unpaired) electrons. The number of benzene rings is 2. The van der Waals surface area contributed by atoms with Crippen molar-refractivity contribution in [2.75, 3.05) is 36.5 Å². The number of hydrogen-bond acceptors (Lipinski definition) is 5. The van der Waals surface area contributed by atoms with E-state index in [2.05, 4.69) is 5.32 Å². The van der Waals surface area contributed by atoms with Crippen molar-refractivity contribution in [1.82, 2.24) is 0 Å². The molecule has 0 spiro atoms. The summed E-state index contributed by atoms with van der Waals surface area (Å²) in [6, 6.07) is 11.7. The van der Waals surface area contributed by atoms with Crippen LogP contribution in [0.15, 0.2) is 42.5 Å². The number of carbonyl (C=O) groups excluding carboxylic acids is 1. The molecule has 1 fully saturated rings. The van der Waals surface area contributed by atoms with Crippen molar-refractivity contribution in [2.45, 2.75) is 6.92 Å². The molecule has 0 atom stereocenters. The molecule has 1 heterocycles. The van der Waals surface area contributed by atoms with Crippen molar-refractivity contribution in [2.24, 2.45) is 0 Å². The number of nitro groups is 1. The molecular formula is C18H19N3O4. The summed E-state index contributed by atoms with van der Waals surface area (Å²) in [4.78, 5) is 25.1. The summed E-state index contributed by atoms with van der Waals surface area (Å²) in [6.45, 7) is 4.29. The Hall–Kier alpha value is -2.93. The lowest BCUT2D eigenvalue weighted by atomic mass is 10.1. The van der Waals surface area contributed by atoms with Crippen LogP contribution in [0.4, 0.5) is 17.1 Å². The number of nitrogens with one attached hydrogen (secondary N) is 1. The van der Waals surface area contributed by atoms with Crippen LogP contribution in [0.2, 0.25) is 0 Å². The maximum Gasteiger partial charge on any atom is 0.271 e. The van der Waals surface area contributed by atoms with E-state index in [9.17, 15) is 14.9 Å². The van der Waals surface area contributed by atoms with Crippen LogP contribution in [-0.4, -0.2) is 37.1 Å². The van der Waals surface area contributed by atoms with Gasteiger partial charge in [-0.25, -0.2) is 0 Å². The van der Waals surface area contributed by atoms with E-state index in [1.807, 2.05) is 24.0 Å². The number of hydrogen-bond donors (Lipinski definition) is 1. The Bertz CT molecular complexity index is 783. The van der Waals surface area contributed by atoms with E-state index in [0.29, 0.717) is 43.2 Å². The van der Waals surface area contributed by atoms with Gasteiger partial charge in [0.05, 0.1) is 29.5 Å². The van der Waals surface area contributed by atoms with Gasteiger partial charge in [0, 0.05) is 30.8 Å². The van der Waals surface area contributed by atoms with Crippen LogP contribution in [-0.2, 0) is 4.74 Å². The van der Waals surface area contributed by atoms with Gasteiger partial charge in [-0.2, -0.15) is 0 Å². The topological polar surface area (TPSA) is 84.7 Å². The van der Waals surface area contributed by atoms with E-state index in [0.717, 1.165) is 5.56 Å². The number of aryl methyl sites for hydroxylation is 1. The maximum absolute atomic E-state index is 12.5. The van der Waals surface area contributed by atoms with E-state index >= 15 is 0 Å². The van der Waals surface area contributed by atoms with Crippen molar-refractivity contribution in [1.29, 1.82) is 0 Å². The molecule has 130 valence electrons. The number of anilines is 2. The second-order valence-corrected chi connectivity index (χ2v) is 5.88. The predicted octanol–water partition coefficient (Wildman–Crippen LogP) is 2.99. The number of non-ortho nitro benzene ring substituents is 1. The van der Waals surface area contributed by atoms with Gasteiger partial charge in [-0.15, -0.1) is 0 Å². The minimum atomic E-state index is -0.435. The second-order valence-electron chi connectivity index (χ2n) is 5.88. The van der Waals surface area contributed by atoms with Crippen LogP contribution in [0.25, 0.3) is 0 Å². The fourth-order valence-corrected chi connectivity index (χ4v) is 2.70. The highest BCUT2D eigenvalue weighted by atomic mass is 16.6. The van der Waals surface area contributed by atoms with Gasteiger partial charge in [0.15, 0.2) is 0 Å². The molecular weight excluding hydrogens is 322 g/mol. The smallest absolute Gasteiger partial charge is 0.271 e. The van der Waals surface area contributed by atoms with Crippen LogP contribution in [0.3, 0.4) is 0 Å². The standard InChI is InChI=1S/C18H19N3O4/c1-13-2-4-14(5-3-13)18(22)19-16-7-6-15(21(23)24)12-17(16)20-8-10-25-11-9-20/h2-7,12H,8-11H2,1H3,(H,19,22). The van der Waals surface area contributed by atoms with Gasteiger partial charge >= 0.3 is 0 Å². The summed E-state index contributed by atoms with van der Waals surface area (Å²) in [7, 11) is 0. The minimum absolute atomic E-state index is 0.00479. The lowest BCUT2D eigenvalue weighted by Gasteiger charge is -2.30. The molecule has 25 heavy (non-hydrogen) atoms. The molecule has 1 aliphatic heterocycles. The van der Waals surface area contributed by atoms with Crippen LogP contribution in [0.5, 0.6) is 0 Å². The average Bonchev–Trinajstić information content (AvgIpc) is 2.63. The Balaban J connectivity index is 1.89. The lowest BCUT2D eigenvalue weighted by molar-refractivity contribution is -0.384. The normalized spacial score (nSPS) is 14.2. The number of morpholine rings is 1. The molecule has 3 rings (SSSR count). The van der Waals surface area contributed by atoms with Crippen LogP contribution < -0.4 is 10.2 Å². The summed E-state index contributed by atoms with van der Waals surface area (Å²) in [5, 5.41) is 14.0. The molecule has 0 bridgehead atoms. The zero-order chi connectivity index (χ0) is 17.8. The Kier molecular flexibility index (Phi) is 4.95. The molecule has 2 aromatic carbocycles. The molecule has 1 aliphatic rings. The first-order valence-electron chi connectivity index (χ1n) is 8.04. The quantitative estimate of drug-likeness (QED) is 0.682. The predicted molar refractivity (Wildman–Crippen MR) is 95.3 cm³/mol. The third-order valence-electron chi connectivity index (χ3n) is 4.11. The van der Waals surface area contributed by atoms with E-state index in [1.54, 1.807) is 18.2 Å². The number of nitro benzene ring substituents is 1. The molecule has 1 N–H and O–H groups in total. The van der Waals surface area contributed by atoms with Crippen LogP contribution in [0, 0.1) is 17.0 Å². The molecule has 1 saturated heterocycles.